The maximum Gasteiger partial charge on any atom is 0.0589 e. The second-order valence-corrected chi connectivity index (χ2v) is 6.10. The molecule has 22 heavy (non-hydrogen) atoms. The van der Waals surface area contributed by atoms with E-state index in [2.05, 4.69) is 59.5 Å². The molecule has 1 aliphatic rings. The van der Waals surface area contributed by atoms with Gasteiger partial charge < -0.3 is 9.64 Å². The average molecular weight is 295 g/mol. The van der Waals surface area contributed by atoms with E-state index >= 15 is 0 Å². The van der Waals surface area contributed by atoms with E-state index in [0.717, 1.165) is 13.2 Å². The summed E-state index contributed by atoms with van der Waals surface area (Å²) in [5, 5.41) is 0. The minimum absolute atomic E-state index is 0.712. The molecule has 2 aromatic carbocycles. The Bertz CT molecular complexity index is 556. The first-order valence-corrected chi connectivity index (χ1v) is 8.23. The normalized spacial score (nSPS) is 16.8. The van der Waals surface area contributed by atoms with Crippen LogP contribution in [-0.2, 0) is 4.74 Å². The van der Waals surface area contributed by atoms with Crippen LogP contribution in [0, 0.1) is 0 Å². The molecule has 2 heteroatoms. The summed E-state index contributed by atoms with van der Waals surface area (Å²) >= 11 is 0. The van der Waals surface area contributed by atoms with Gasteiger partial charge in [-0.3, -0.25) is 0 Å². The lowest BCUT2D eigenvalue weighted by atomic mass is 9.88. The van der Waals surface area contributed by atoms with E-state index in [9.17, 15) is 0 Å². The second kappa shape index (κ2) is 7.57. The molecule has 0 unspecified atom stereocenters. The Kier molecular flexibility index (Phi) is 5.25. The lowest BCUT2D eigenvalue weighted by Gasteiger charge is -2.32. The van der Waals surface area contributed by atoms with Crippen molar-refractivity contribution in [1.82, 2.24) is 4.90 Å². The number of ether oxygens (including phenoxy) is 1. The summed E-state index contributed by atoms with van der Waals surface area (Å²) in [4.78, 5) is 2.51. The van der Waals surface area contributed by atoms with E-state index < -0.39 is 0 Å². The molecule has 116 valence electrons. The standard InChI is InChI=1S/C20H25NO/c1-22-16-15-21-13-11-20(12-14-21)19-9-7-18(8-10-19)17-5-3-2-4-6-17/h2-10,20H,11-16H2,1H3. The van der Waals surface area contributed by atoms with Crippen LogP contribution in [0.1, 0.15) is 24.3 Å². The van der Waals surface area contributed by atoms with Gasteiger partial charge in [0, 0.05) is 13.7 Å². The Balaban J connectivity index is 1.60. The minimum atomic E-state index is 0.712. The molecule has 0 bridgehead atoms. The number of benzene rings is 2. The summed E-state index contributed by atoms with van der Waals surface area (Å²) in [6.45, 7) is 4.29. The van der Waals surface area contributed by atoms with Gasteiger partial charge in [0.15, 0.2) is 0 Å². The van der Waals surface area contributed by atoms with Crippen molar-refractivity contribution in [2.75, 3.05) is 33.4 Å². The summed E-state index contributed by atoms with van der Waals surface area (Å²) in [6.07, 6.45) is 2.52. The molecule has 0 radical (unpaired) electrons. The minimum Gasteiger partial charge on any atom is -0.383 e. The van der Waals surface area contributed by atoms with Crippen molar-refractivity contribution in [2.45, 2.75) is 18.8 Å². The third kappa shape index (κ3) is 3.76. The first kappa shape index (κ1) is 15.3. The lowest BCUT2D eigenvalue weighted by Crippen LogP contribution is -2.35. The van der Waals surface area contributed by atoms with Crippen LogP contribution in [-0.4, -0.2) is 38.3 Å². The highest BCUT2D eigenvalue weighted by Gasteiger charge is 2.20. The highest BCUT2D eigenvalue weighted by molar-refractivity contribution is 5.63. The topological polar surface area (TPSA) is 12.5 Å². The summed E-state index contributed by atoms with van der Waals surface area (Å²) in [6, 6.07) is 19.8. The van der Waals surface area contributed by atoms with Gasteiger partial charge >= 0.3 is 0 Å². The zero-order valence-electron chi connectivity index (χ0n) is 13.4. The molecule has 3 rings (SSSR count). The quantitative estimate of drug-likeness (QED) is 0.820. The zero-order valence-corrected chi connectivity index (χ0v) is 13.4. The highest BCUT2D eigenvalue weighted by atomic mass is 16.5. The molecule has 1 heterocycles. The molecule has 1 aliphatic heterocycles. The molecule has 0 amide bonds. The van der Waals surface area contributed by atoms with Gasteiger partial charge in [0.1, 0.15) is 0 Å². The van der Waals surface area contributed by atoms with Crippen molar-refractivity contribution >= 4 is 0 Å². The molecule has 2 aromatic rings. The fraction of sp³-hybridized carbons (Fsp3) is 0.400. The molecule has 0 aliphatic carbocycles. The van der Waals surface area contributed by atoms with Gasteiger partial charge in [-0.2, -0.15) is 0 Å². The third-order valence-electron chi connectivity index (χ3n) is 4.69. The molecule has 2 nitrogen and oxygen atoms in total. The number of piperidine rings is 1. The smallest absolute Gasteiger partial charge is 0.0589 e. The number of nitrogens with zero attached hydrogens (tertiary/aromatic N) is 1. The summed E-state index contributed by atoms with van der Waals surface area (Å²) < 4.78 is 5.17. The number of methoxy groups -OCH3 is 1. The molecule has 0 saturated carbocycles. The van der Waals surface area contributed by atoms with E-state index in [-0.39, 0.29) is 0 Å². The van der Waals surface area contributed by atoms with Crippen LogP contribution in [0.3, 0.4) is 0 Å². The number of likely N-dealkylation sites (tertiary alicyclic amines) is 1. The Hall–Kier alpha value is -1.64. The predicted octanol–water partition coefficient (Wildman–Crippen LogP) is 4.18. The first-order valence-electron chi connectivity index (χ1n) is 8.23. The average Bonchev–Trinajstić information content (AvgIpc) is 2.61. The second-order valence-electron chi connectivity index (χ2n) is 6.10. The van der Waals surface area contributed by atoms with Crippen LogP contribution in [0.15, 0.2) is 54.6 Å². The monoisotopic (exact) mass is 295 g/mol. The molecule has 0 atom stereocenters. The molecule has 1 saturated heterocycles. The molecular weight excluding hydrogens is 270 g/mol. The van der Waals surface area contributed by atoms with Crippen LogP contribution in [0.5, 0.6) is 0 Å². The molecule has 0 spiro atoms. The maximum absolute atomic E-state index is 5.17. The summed E-state index contributed by atoms with van der Waals surface area (Å²) in [5.74, 6) is 0.712. The summed E-state index contributed by atoms with van der Waals surface area (Å²) in [7, 11) is 1.78. The number of hydrogen-bond donors (Lipinski definition) is 0. The van der Waals surface area contributed by atoms with Crippen LogP contribution < -0.4 is 0 Å². The fourth-order valence-electron chi connectivity index (χ4n) is 3.29. The van der Waals surface area contributed by atoms with Crippen molar-refractivity contribution in [3.05, 3.63) is 60.2 Å². The summed E-state index contributed by atoms with van der Waals surface area (Å²) in [5.41, 5.74) is 4.09. The molecular formula is C20H25NO. The van der Waals surface area contributed by atoms with E-state index in [1.807, 2.05) is 0 Å². The molecule has 1 fully saturated rings. The lowest BCUT2D eigenvalue weighted by molar-refractivity contribution is 0.130. The predicted molar refractivity (Wildman–Crippen MR) is 92.2 cm³/mol. The van der Waals surface area contributed by atoms with Crippen molar-refractivity contribution in [3.63, 3.8) is 0 Å². The van der Waals surface area contributed by atoms with Gasteiger partial charge in [-0.15, -0.1) is 0 Å². The highest BCUT2D eigenvalue weighted by Crippen LogP contribution is 2.29. The van der Waals surface area contributed by atoms with E-state index in [4.69, 9.17) is 4.74 Å². The van der Waals surface area contributed by atoms with E-state index in [1.165, 1.54) is 42.6 Å². The van der Waals surface area contributed by atoms with Crippen molar-refractivity contribution in [1.29, 1.82) is 0 Å². The fourth-order valence-corrected chi connectivity index (χ4v) is 3.29. The van der Waals surface area contributed by atoms with Crippen LogP contribution in [0.4, 0.5) is 0 Å². The van der Waals surface area contributed by atoms with Gasteiger partial charge in [-0.05, 0) is 48.5 Å². The van der Waals surface area contributed by atoms with E-state index in [1.54, 1.807) is 7.11 Å². The van der Waals surface area contributed by atoms with Crippen molar-refractivity contribution < 1.29 is 4.74 Å². The van der Waals surface area contributed by atoms with Gasteiger partial charge in [0.25, 0.3) is 0 Å². The van der Waals surface area contributed by atoms with Gasteiger partial charge in [-0.1, -0.05) is 54.6 Å². The number of rotatable bonds is 5. The molecule has 0 aromatic heterocycles. The SMILES string of the molecule is COCCN1CCC(c2ccc(-c3ccccc3)cc2)CC1. The number of hydrogen-bond acceptors (Lipinski definition) is 2. The Morgan fingerprint density at radius 1 is 0.909 bits per heavy atom. The third-order valence-corrected chi connectivity index (χ3v) is 4.69. The van der Waals surface area contributed by atoms with Crippen LogP contribution >= 0.6 is 0 Å². The Morgan fingerprint density at radius 3 is 2.18 bits per heavy atom. The van der Waals surface area contributed by atoms with Gasteiger partial charge in [0.05, 0.1) is 6.61 Å². The van der Waals surface area contributed by atoms with Crippen molar-refractivity contribution in [2.24, 2.45) is 0 Å². The van der Waals surface area contributed by atoms with Crippen LogP contribution in [0.2, 0.25) is 0 Å². The van der Waals surface area contributed by atoms with E-state index in [0.29, 0.717) is 5.92 Å². The largest absolute Gasteiger partial charge is 0.383 e. The zero-order chi connectivity index (χ0) is 15.2. The van der Waals surface area contributed by atoms with Gasteiger partial charge in [0.2, 0.25) is 0 Å². The van der Waals surface area contributed by atoms with Crippen molar-refractivity contribution in [3.8, 4) is 11.1 Å². The molecule has 0 N–H and O–H groups in total. The Labute approximate surface area is 133 Å². The maximum atomic E-state index is 5.17. The van der Waals surface area contributed by atoms with Crippen LogP contribution in [0.25, 0.3) is 11.1 Å². The Morgan fingerprint density at radius 2 is 1.55 bits per heavy atom. The first-order chi connectivity index (χ1) is 10.9. The van der Waals surface area contributed by atoms with Gasteiger partial charge in [-0.25, -0.2) is 0 Å².